The zero-order valence-electron chi connectivity index (χ0n) is 17.3. The summed E-state index contributed by atoms with van der Waals surface area (Å²) in [5.74, 6) is 0.451. The summed E-state index contributed by atoms with van der Waals surface area (Å²) >= 11 is 1.34. The maximum atomic E-state index is 12.2. The highest BCUT2D eigenvalue weighted by Crippen LogP contribution is 2.20. The third kappa shape index (κ3) is 7.43. The predicted octanol–water partition coefficient (Wildman–Crippen LogP) is 3.52. The van der Waals surface area contributed by atoms with Crippen LogP contribution in [0, 0.1) is 0 Å². The van der Waals surface area contributed by atoms with Crippen LogP contribution in [0.4, 0.5) is 4.79 Å². The van der Waals surface area contributed by atoms with E-state index in [2.05, 4.69) is 15.5 Å². The number of methoxy groups -OCH3 is 1. The van der Waals surface area contributed by atoms with Gasteiger partial charge in [-0.15, -0.1) is 10.2 Å². The molecule has 1 aliphatic carbocycles. The minimum absolute atomic E-state index is 0.0257. The maximum absolute atomic E-state index is 12.2. The van der Waals surface area contributed by atoms with Gasteiger partial charge in [-0.05, 0) is 33.1 Å². The van der Waals surface area contributed by atoms with E-state index in [1.165, 1.54) is 31.0 Å². The number of amides is 2. The Morgan fingerprint density at radius 1 is 1.29 bits per heavy atom. The Morgan fingerprint density at radius 3 is 2.68 bits per heavy atom. The minimum atomic E-state index is -0.365. The molecule has 28 heavy (non-hydrogen) atoms. The Bertz CT molecular complexity index is 644. The van der Waals surface area contributed by atoms with Crippen molar-refractivity contribution in [1.29, 1.82) is 0 Å². The Hall–Kier alpha value is -1.61. The Balaban J connectivity index is 1.70. The topological polar surface area (TPSA) is 97.6 Å². The van der Waals surface area contributed by atoms with Crippen LogP contribution in [0.3, 0.4) is 0 Å². The smallest absolute Gasteiger partial charge is 0.317 e. The fraction of sp³-hybridized carbons (Fsp3) is 0.789. The van der Waals surface area contributed by atoms with Crippen molar-refractivity contribution < 1.29 is 18.7 Å². The minimum Gasteiger partial charge on any atom is -0.408 e. The number of nitrogens with zero attached hydrogens (tertiary/aromatic N) is 3. The molecule has 1 N–H and O–H groups in total. The van der Waals surface area contributed by atoms with Crippen molar-refractivity contribution in [3.05, 3.63) is 5.89 Å². The zero-order chi connectivity index (χ0) is 20.6. The van der Waals surface area contributed by atoms with E-state index in [1.807, 2.05) is 13.8 Å². The summed E-state index contributed by atoms with van der Waals surface area (Å²) in [5.41, 5.74) is -0.365. The van der Waals surface area contributed by atoms with E-state index >= 15 is 0 Å². The number of aromatic nitrogens is 2. The number of nitrogens with one attached hydrogen (secondary N) is 1. The zero-order valence-corrected chi connectivity index (χ0v) is 18.1. The third-order valence-electron chi connectivity index (χ3n) is 5.08. The molecule has 0 aliphatic heterocycles. The van der Waals surface area contributed by atoms with Crippen LogP contribution in [0.25, 0.3) is 0 Å². The molecular formula is C19H32N4O4S. The normalized spacial score (nSPS) is 15.4. The van der Waals surface area contributed by atoms with E-state index < -0.39 is 0 Å². The molecule has 0 bridgehead atoms. The molecule has 1 aromatic heterocycles. The van der Waals surface area contributed by atoms with Crippen molar-refractivity contribution in [2.45, 2.75) is 75.7 Å². The first-order valence-corrected chi connectivity index (χ1v) is 10.9. The second-order valence-electron chi connectivity index (χ2n) is 7.81. The summed E-state index contributed by atoms with van der Waals surface area (Å²) in [6.45, 7) is 4.41. The molecule has 0 atom stereocenters. The average molecular weight is 413 g/mol. The summed E-state index contributed by atoms with van der Waals surface area (Å²) in [6, 6.07) is 0.249. The molecule has 1 saturated carbocycles. The first kappa shape index (κ1) is 22.7. The highest BCUT2D eigenvalue weighted by atomic mass is 32.2. The number of urea groups is 1. The summed E-state index contributed by atoms with van der Waals surface area (Å²) in [7, 11) is 3.40. The number of ether oxygens (including phenoxy) is 1. The quantitative estimate of drug-likeness (QED) is 0.464. The molecule has 0 saturated heterocycles. The lowest BCUT2D eigenvalue weighted by atomic mass is 9.96. The third-order valence-corrected chi connectivity index (χ3v) is 5.88. The lowest BCUT2D eigenvalue weighted by Gasteiger charge is -2.26. The van der Waals surface area contributed by atoms with E-state index in [4.69, 9.17) is 9.15 Å². The SMILES string of the molecule is COC(C)(C)CCC(=O)c1nnc(SCCN(C)C(=O)NC2CCCCC2)o1. The van der Waals surface area contributed by atoms with Gasteiger partial charge in [0, 0.05) is 38.9 Å². The summed E-state index contributed by atoms with van der Waals surface area (Å²) in [6.07, 6.45) is 6.63. The molecule has 2 amide bonds. The lowest BCUT2D eigenvalue weighted by Crippen LogP contribution is -2.44. The van der Waals surface area contributed by atoms with Gasteiger partial charge in [0.2, 0.25) is 5.78 Å². The van der Waals surface area contributed by atoms with Crippen LogP contribution in [0.5, 0.6) is 0 Å². The van der Waals surface area contributed by atoms with Crippen molar-refractivity contribution >= 4 is 23.6 Å². The van der Waals surface area contributed by atoms with Gasteiger partial charge in [-0.1, -0.05) is 31.0 Å². The van der Waals surface area contributed by atoms with Crippen LogP contribution in [0.1, 0.15) is 69.5 Å². The van der Waals surface area contributed by atoms with Crippen LogP contribution >= 0.6 is 11.8 Å². The van der Waals surface area contributed by atoms with E-state index in [0.717, 1.165) is 12.8 Å². The first-order chi connectivity index (χ1) is 13.3. The maximum Gasteiger partial charge on any atom is 0.317 e. The molecule has 0 aromatic carbocycles. The second-order valence-corrected chi connectivity index (χ2v) is 8.86. The van der Waals surface area contributed by atoms with Gasteiger partial charge in [0.1, 0.15) is 0 Å². The fourth-order valence-corrected chi connectivity index (χ4v) is 3.68. The van der Waals surface area contributed by atoms with Gasteiger partial charge in [0.25, 0.3) is 11.1 Å². The van der Waals surface area contributed by atoms with Gasteiger partial charge in [-0.2, -0.15) is 0 Å². The van der Waals surface area contributed by atoms with E-state index in [9.17, 15) is 9.59 Å². The molecule has 1 heterocycles. The molecule has 8 nitrogen and oxygen atoms in total. The molecule has 1 aromatic rings. The van der Waals surface area contributed by atoms with Crippen molar-refractivity contribution in [1.82, 2.24) is 20.4 Å². The van der Waals surface area contributed by atoms with Crippen molar-refractivity contribution in [2.24, 2.45) is 0 Å². The van der Waals surface area contributed by atoms with Crippen molar-refractivity contribution in [3.63, 3.8) is 0 Å². The monoisotopic (exact) mass is 412 g/mol. The number of carbonyl (C=O) groups is 2. The Morgan fingerprint density at radius 2 is 2.00 bits per heavy atom. The van der Waals surface area contributed by atoms with E-state index in [-0.39, 0.29) is 29.7 Å². The lowest BCUT2D eigenvalue weighted by molar-refractivity contribution is 0.0138. The molecule has 0 unspecified atom stereocenters. The summed E-state index contributed by atoms with van der Waals surface area (Å²) in [5, 5.41) is 11.2. The van der Waals surface area contributed by atoms with Crippen LogP contribution in [0.15, 0.2) is 9.64 Å². The van der Waals surface area contributed by atoms with Crippen LogP contribution in [-0.4, -0.2) is 65.0 Å². The largest absolute Gasteiger partial charge is 0.408 e. The van der Waals surface area contributed by atoms with Gasteiger partial charge in [-0.25, -0.2) is 4.79 Å². The van der Waals surface area contributed by atoms with Gasteiger partial charge in [-0.3, -0.25) is 4.79 Å². The number of ketones is 1. The van der Waals surface area contributed by atoms with Gasteiger partial charge in [0.15, 0.2) is 0 Å². The van der Waals surface area contributed by atoms with Gasteiger partial charge in [0.05, 0.1) is 5.60 Å². The fourth-order valence-electron chi connectivity index (χ4n) is 2.91. The number of hydrogen-bond donors (Lipinski definition) is 1. The van der Waals surface area contributed by atoms with Gasteiger partial charge < -0.3 is 19.4 Å². The number of carbonyl (C=O) groups excluding carboxylic acids is 2. The van der Waals surface area contributed by atoms with E-state index in [1.54, 1.807) is 19.1 Å². The van der Waals surface area contributed by atoms with Crippen LogP contribution in [0.2, 0.25) is 0 Å². The van der Waals surface area contributed by atoms with Crippen molar-refractivity contribution in [2.75, 3.05) is 26.5 Å². The molecule has 158 valence electrons. The van der Waals surface area contributed by atoms with Crippen LogP contribution in [-0.2, 0) is 4.74 Å². The summed E-state index contributed by atoms with van der Waals surface area (Å²) < 4.78 is 10.8. The number of Topliss-reactive ketones (excluding diaryl/α,β-unsaturated/α-hetero) is 1. The van der Waals surface area contributed by atoms with Crippen molar-refractivity contribution in [3.8, 4) is 0 Å². The van der Waals surface area contributed by atoms with E-state index in [0.29, 0.717) is 30.0 Å². The van der Waals surface area contributed by atoms with Crippen LogP contribution < -0.4 is 5.32 Å². The Labute approximate surface area is 171 Å². The molecule has 0 radical (unpaired) electrons. The number of hydrogen-bond acceptors (Lipinski definition) is 7. The standard InChI is InChI=1S/C19H32N4O4S/c1-19(2,26-4)11-10-15(24)16-21-22-18(27-16)28-13-12-23(3)17(25)20-14-8-6-5-7-9-14/h14H,5-13H2,1-4H3,(H,20,25). The molecule has 9 heteroatoms. The first-order valence-electron chi connectivity index (χ1n) is 9.87. The molecule has 1 aliphatic rings. The highest BCUT2D eigenvalue weighted by molar-refractivity contribution is 7.99. The number of thioether (sulfide) groups is 1. The molecule has 2 rings (SSSR count). The van der Waals surface area contributed by atoms with Gasteiger partial charge >= 0.3 is 6.03 Å². The Kier molecular flexibility index (Phi) is 8.75. The average Bonchev–Trinajstić information content (AvgIpc) is 3.16. The summed E-state index contributed by atoms with van der Waals surface area (Å²) in [4.78, 5) is 26.0. The second kappa shape index (κ2) is 10.8. The molecule has 1 fully saturated rings. The predicted molar refractivity (Wildman–Crippen MR) is 108 cm³/mol. The highest BCUT2D eigenvalue weighted by Gasteiger charge is 2.22. The number of rotatable bonds is 10. The molecular weight excluding hydrogens is 380 g/mol. The molecule has 0 spiro atoms.